The molecule has 194 valence electrons. The van der Waals surface area contributed by atoms with E-state index in [0.717, 1.165) is 19.3 Å². The average molecular weight is 501 g/mol. The second-order valence-corrected chi connectivity index (χ2v) is 14.3. The molecule has 2 aromatic carbocycles. The van der Waals surface area contributed by atoms with Gasteiger partial charge < -0.3 is 18.6 Å². The lowest BCUT2D eigenvalue weighted by atomic mass is 9.96. The zero-order valence-corrected chi connectivity index (χ0v) is 23.4. The molecule has 2 aromatic rings. The van der Waals surface area contributed by atoms with Crippen LogP contribution in [0, 0.1) is 5.92 Å². The fraction of sp³-hybridized carbons (Fsp3) is 0.552. The maximum Gasteiger partial charge on any atom is 0.305 e. The minimum atomic E-state index is -2.72. The summed E-state index contributed by atoms with van der Waals surface area (Å²) in [5.74, 6) is -0.266. The number of carbonyl (C=O) groups excluding carboxylic acids is 1. The monoisotopic (exact) mass is 500 g/mol. The van der Waals surface area contributed by atoms with Gasteiger partial charge in [-0.15, -0.1) is 0 Å². The maximum absolute atomic E-state index is 12.2. The van der Waals surface area contributed by atoms with E-state index in [4.69, 9.17) is 18.6 Å². The van der Waals surface area contributed by atoms with Crippen molar-refractivity contribution >= 4 is 24.7 Å². The Bertz CT molecular complexity index is 811. The van der Waals surface area contributed by atoms with Crippen LogP contribution in [0.3, 0.4) is 0 Å². The second-order valence-electron chi connectivity index (χ2n) is 10.0. The standard InChI is InChI=1S/C29H44O5Si/c1-7-9-20-32-23-33-27(24(8-2)21-28(30)31-6)22-34-35(29(3,4)5,25-16-12-10-13-17-25)26-18-14-11-15-19-26/h10-19,24,27H,7-9,20-23H2,1-6H3/t24-,27+/m0/s1. The molecule has 0 heterocycles. The van der Waals surface area contributed by atoms with Gasteiger partial charge in [-0.3, -0.25) is 4.79 Å². The van der Waals surface area contributed by atoms with E-state index < -0.39 is 8.32 Å². The lowest BCUT2D eigenvalue weighted by molar-refractivity contribution is -0.148. The Balaban J connectivity index is 2.41. The summed E-state index contributed by atoms with van der Waals surface area (Å²) in [6.07, 6.45) is 2.84. The number of unbranched alkanes of at least 4 members (excludes halogenated alkanes) is 1. The van der Waals surface area contributed by atoms with Gasteiger partial charge in [-0.25, -0.2) is 0 Å². The van der Waals surface area contributed by atoms with Crippen LogP contribution in [0.4, 0.5) is 0 Å². The summed E-state index contributed by atoms with van der Waals surface area (Å²) >= 11 is 0. The third-order valence-corrected chi connectivity index (χ3v) is 11.6. The van der Waals surface area contributed by atoms with Crippen LogP contribution in [0.1, 0.15) is 60.3 Å². The minimum absolute atomic E-state index is 0.0320. The Hall–Kier alpha value is -1.99. The number of esters is 1. The van der Waals surface area contributed by atoms with E-state index in [1.807, 2.05) is 12.1 Å². The molecule has 0 unspecified atom stereocenters. The highest BCUT2D eigenvalue weighted by atomic mass is 28.4. The first-order valence-electron chi connectivity index (χ1n) is 12.8. The third kappa shape index (κ3) is 8.00. The van der Waals surface area contributed by atoms with E-state index in [1.54, 1.807) is 0 Å². The van der Waals surface area contributed by atoms with Gasteiger partial charge in [0.05, 0.1) is 26.2 Å². The smallest absolute Gasteiger partial charge is 0.305 e. The van der Waals surface area contributed by atoms with Crippen molar-refractivity contribution in [1.29, 1.82) is 0 Å². The molecule has 0 spiro atoms. The third-order valence-electron chi connectivity index (χ3n) is 6.60. The van der Waals surface area contributed by atoms with Crippen molar-refractivity contribution in [3.8, 4) is 0 Å². The lowest BCUT2D eigenvalue weighted by Gasteiger charge is -2.44. The molecule has 0 saturated carbocycles. The molecular weight excluding hydrogens is 456 g/mol. The van der Waals surface area contributed by atoms with Crippen molar-refractivity contribution in [3.05, 3.63) is 60.7 Å². The van der Waals surface area contributed by atoms with Gasteiger partial charge in [0, 0.05) is 6.61 Å². The van der Waals surface area contributed by atoms with E-state index in [2.05, 4.69) is 83.1 Å². The van der Waals surface area contributed by atoms with E-state index in [-0.39, 0.29) is 36.2 Å². The normalized spacial score (nSPS) is 13.9. The Morgan fingerprint density at radius 2 is 1.51 bits per heavy atom. The van der Waals surface area contributed by atoms with Crippen molar-refractivity contribution in [2.75, 3.05) is 27.1 Å². The summed E-state index contributed by atoms with van der Waals surface area (Å²) in [6.45, 7) is 12.2. The minimum Gasteiger partial charge on any atom is -0.469 e. The fourth-order valence-corrected chi connectivity index (χ4v) is 9.14. The molecule has 0 aromatic heterocycles. The molecule has 0 aliphatic heterocycles. The molecule has 0 amide bonds. The predicted molar refractivity (Wildman–Crippen MR) is 145 cm³/mol. The Morgan fingerprint density at radius 1 is 0.943 bits per heavy atom. The Kier molecular flexibility index (Phi) is 12.1. The number of ether oxygens (including phenoxy) is 3. The van der Waals surface area contributed by atoms with E-state index in [9.17, 15) is 4.79 Å². The van der Waals surface area contributed by atoms with Crippen LogP contribution >= 0.6 is 0 Å². The summed E-state index contributed by atoms with van der Waals surface area (Å²) in [5, 5.41) is 2.30. The average Bonchev–Trinajstić information content (AvgIpc) is 2.86. The van der Waals surface area contributed by atoms with Crippen LogP contribution < -0.4 is 10.4 Å². The fourth-order valence-electron chi connectivity index (χ4n) is 4.57. The Morgan fingerprint density at radius 3 is 1.97 bits per heavy atom. The van der Waals surface area contributed by atoms with Gasteiger partial charge in [-0.05, 0) is 27.8 Å². The zero-order chi connectivity index (χ0) is 25.7. The molecule has 5 nitrogen and oxygen atoms in total. The van der Waals surface area contributed by atoms with E-state index >= 15 is 0 Å². The zero-order valence-electron chi connectivity index (χ0n) is 22.4. The topological polar surface area (TPSA) is 54.0 Å². The van der Waals surface area contributed by atoms with Gasteiger partial charge in [0.1, 0.15) is 6.79 Å². The van der Waals surface area contributed by atoms with Crippen molar-refractivity contribution in [2.45, 2.75) is 71.4 Å². The van der Waals surface area contributed by atoms with Crippen molar-refractivity contribution < 1.29 is 23.4 Å². The summed E-state index contributed by atoms with van der Waals surface area (Å²) in [7, 11) is -1.29. The molecule has 35 heavy (non-hydrogen) atoms. The number of hydrogen-bond acceptors (Lipinski definition) is 5. The Labute approximate surface area is 213 Å². The van der Waals surface area contributed by atoms with Gasteiger partial charge >= 0.3 is 5.97 Å². The molecule has 0 aliphatic carbocycles. The van der Waals surface area contributed by atoms with Crippen molar-refractivity contribution in [2.24, 2.45) is 5.92 Å². The highest BCUT2D eigenvalue weighted by Crippen LogP contribution is 2.37. The lowest BCUT2D eigenvalue weighted by Crippen LogP contribution is -2.67. The molecule has 0 fully saturated rings. The molecule has 0 aliphatic rings. The van der Waals surface area contributed by atoms with Crippen LogP contribution in [-0.2, 0) is 23.4 Å². The van der Waals surface area contributed by atoms with E-state index in [1.165, 1.54) is 17.5 Å². The summed E-state index contributed by atoms with van der Waals surface area (Å²) in [6, 6.07) is 21.1. The van der Waals surface area contributed by atoms with Gasteiger partial charge in [0.25, 0.3) is 8.32 Å². The maximum atomic E-state index is 12.2. The number of hydrogen-bond donors (Lipinski definition) is 0. The van der Waals surface area contributed by atoms with Crippen LogP contribution in [0.15, 0.2) is 60.7 Å². The van der Waals surface area contributed by atoms with Gasteiger partial charge in [0.2, 0.25) is 0 Å². The van der Waals surface area contributed by atoms with Gasteiger partial charge in [-0.2, -0.15) is 0 Å². The van der Waals surface area contributed by atoms with Crippen LogP contribution in [0.25, 0.3) is 0 Å². The quantitative estimate of drug-likeness (QED) is 0.144. The molecule has 2 atom stereocenters. The molecule has 2 rings (SSSR count). The predicted octanol–water partition coefficient (Wildman–Crippen LogP) is 5.31. The van der Waals surface area contributed by atoms with Crippen molar-refractivity contribution in [1.82, 2.24) is 0 Å². The highest BCUT2D eigenvalue weighted by Gasteiger charge is 2.50. The molecular formula is C29H44O5Si. The summed E-state index contributed by atoms with van der Waals surface area (Å²) in [4.78, 5) is 12.2. The largest absolute Gasteiger partial charge is 0.469 e. The summed E-state index contributed by atoms with van der Waals surface area (Å²) < 4.78 is 24.0. The molecule has 0 radical (unpaired) electrons. The highest BCUT2D eigenvalue weighted by molar-refractivity contribution is 6.99. The first kappa shape index (κ1) is 29.2. The molecule has 0 N–H and O–H groups in total. The number of methoxy groups -OCH3 is 1. The van der Waals surface area contributed by atoms with Crippen LogP contribution in [0.5, 0.6) is 0 Å². The first-order chi connectivity index (χ1) is 16.8. The summed E-state index contributed by atoms with van der Waals surface area (Å²) in [5.41, 5.74) is 0. The number of rotatable bonds is 15. The SMILES string of the molecule is CCCCOCO[C@H](CO[Si](c1ccccc1)(c1ccccc1)C(C)(C)C)[C@@H](CC)CC(=O)OC. The molecule has 0 saturated heterocycles. The number of carbonyl (C=O) groups is 1. The molecule has 6 heteroatoms. The van der Waals surface area contributed by atoms with Crippen LogP contribution in [-0.4, -0.2) is 47.5 Å². The van der Waals surface area contributed by atoms with E-state index in [0.29, 0.717) is 13.2 Å². The van der Waals surface area contributed by atoms with Crippen LogP contribution in [0.2, 0.25) is 5.04 Å². The van der Waals surface area contributed by atoms with Gasteiger partial charge in [0.15, 0.2) is 0 Å². The van der Waals surface area contributed by atoms with Gasteiger partial charge in [-0.1, -0.05) is 108 Å². The number of benzene rings is 2. The van der Waals surface area contributed by atoms with Crippen molar-refractivity contribution in [3.63, 3.8) is 0 Å². The first-order valence-corrected chi connectivity index (χ1v) is 14.7. The molecule has 0 bridgehead atoms. The second kappa shape index (κ2) is 14.5.